The van der Waals surface area contributed by atoms with Crippen LogP contribution in [0.15, 0.2) is 47.6 Å². The fraction of sp³-hybridized carbons (Fsp3) is 0.167. The molecule has 0 atom stereocenters. The molecule has 0 spiro atoms. The van der Waals surface area contributed by atoms with E-state index in [1.165, 1.54) is 19.4 Å². The summed E-state index contributed by atoms with van der Waals surface area (Å²) in [6.07, 6.45) is 1.41. The van der Waals surface area contributed by atoms with Gasteiger partial charge in [0.15, 0.2) is 11.5 Å². The van der Waals surface area contributed by atoms with Gasteiger partial charge in [0.2, 0.25) is 0 Å². The van der Waals surface area contributed by atoms with Crippen LogP contribution in [0.4, 0.5) is 0 Å². The summed E-state index contributed by atoms with van der Waals surface area (Å²) in [4.78, 5) is 23.7. The fourth-order valence-electron chi connectivity index (χ4n) is 2.08. The summed E-state index contributed by atoms with van der Waals surface area (Å²) in [7, 11) is 1.44. The number of carbonyl (C=O) groups excluding carboxylic acids is 2. The number of phenols is 1. The van der Waals surface area contributed by atoms with E-state index in [0.29, 0.717) is 16.9 Å². The van der Waals surface area contributed by atoms with Crippen LogP contribution in [0.5, 0.6) is 11.5 Å². The Morgan fingerprint density at radius 3 is 2.72 bits per heavy atom. The SMILES string of the molecule is COc1cc(C=NNC(=O)CNC(=O)c2ccccc2C)ccc1O. The standard InChI is InChI=1S/C18H19N3O4/c1-12-5-3-4-6-14(12)18(24)19-11-17(23)21-20-10-13-7-8-15(22)16(9-13)25-2/h3-10,22H,11H2,1-2H3,(H,19,24)(H,21,23). The second-order valence-corrected chi connectivity index (χ2v) is 5.22. The first-order valence-corrected chi connectivity index (χ1v) is 7.54. The minimum atomic E-state index is -0.455. The van der Waals surface area contributed by atoms with Gasteiger partial charge in [-0.3, -0.25) is 9.59 Å². The maximum absolute atomic E-state index is 12.0. The Bertz CT molecular complexity index is 803. The lowest BCUT2D eigenvalue weighted by molar-refractivity contribution is -0.120. The predicted molar refractivity (Wildman–Crippen MR) is 93.9 cm³/mol. The smallest absolute Gasteiger partial charge is 0.259 e. The molecule has 0 bridgehead atoms. The Hall–Kier alpha value is -3.35. The maximum atomic E-state index is 12.0. The fourth-order valence-corrected chi connectivity index (χ4v) is 2.08. The largest absolute Gasteiger partial charge is 0.504 e. The molecule has 2 rings (SSSR count). The van der Waals surface area contributed by atoms with Gasteiger partial charge in [0.05, 0.1) is 19.9 Å². The van der Waals surface area contributed by atoms with Crippen molar-refractivity contribution in [1.29, 1.82) is 0 Å². The highest BCUT2D eigenvalue weighted by Crippen LogP contribution is 2.25. The third-order valence-electron chi connectivity index (χ3n) is 3.41. The first-order valence-electron chi connectivity index (χ1n) is 7.54. The average molecular weight is 341 g/mol. The number of carbonyl (C=O) groups is 2. The van der Waals surface area contributed by atoms with Gasteiger partial charge < -0.3 is 15.2 Å². The van der Waals surface area contributed by atoms with Crippen LogP contribution in [0, 0.1) is 6.92 Å². The van der Waals surface area contributed by atoms with Gasteiger partial charge in [-0.05, 0) is 42.3 Å². The number of aromatic hydroxyl groups is 1. The highest BCUT2D eigenvalue weighted by Gasteiger charge is 2.09. The number of phenolic OH excluding ortho intramolecular Hbond substituents is 1. The minimum absolute atomic E-state index is 0.0163. The zero-order valence-corrected chi connectivity index (χ0v) is 13.9. The third kappa shape index (κ3) is 5.07. The number of hydrogen-bond acceptors (Lipinski definition) is 5. The lowest BCUT2D eigenvalue weighted by Crippen LogP contribution is -2.35. The molecule has 0 aliphatic heterocycles. The second kappa shape index (κ2) is 8.49. The zero-order chi connectivity index (χ0) is 18.2. The van der Waals surface area contributed by atoms with E-state index in [2.05, 4.69) is 15.8 Å². The van der Waals surface area contributed by atoms with Crippen molar-refractivity contribution in [2.24, 2.45) is 5.10 Å². The number of aryl methyl sites for hydroxylation is 1. The molecule has 0 aliphatic rings. The zero-order valence-electron chi connectivity index (χ0n) is 13.9. The summed E-state index contributed by atoms with van der Waals surface area (Å²) in [6.45, 7) is 1.63. The van der Waals surface area contributed by atoms with Gasteiger partial charge in [-0.1, -0.05) is 18.2 Å². The molecule has 25 heavy (non-hydrogen) atoms. The van der Waals surface area contributed by atoms with Gasteiger partial charge in [-0.15, -0.1) is 0 Å². The average Bonchev–Trinajstić information content (AvgIpc) is 2.61. The van der Waals surface area contributed by atoms with Crippen molar-refractivity contribution in [3.05, 3.63) is 59.2 Å². The van der Waals surface area contributed by atoms with Gasteiger partial charge in [-0.2, -0.15) is 5.10 Å². The van der Waals surface area contributed by atoms with E-state index in [4.69, 9.17) is 4.74 Å². The van der Waals surface area contributed by atoms with Gasteiger partial charge >= 0.3 is 0 Å². The quantitative estimate of drug-likeness (QED) is 0.549. The minimum Gasteiger partial charge on any atom is -0.504 e. The monoisotopic (exact) mass is 341 g/mol. The number of amides is 2. The number of hydrogen-bond donors (Lipinski definition) is 3. The summed E-state index contributed by atoms with van der Waals surface area (Å²) in [6, 6.07) is 11.8. The molecular weight excluding hydrogens is 322 g/mol. The van der Waals surface area contributed by atoms with Crippen LogP contribution < -0.4 is 15.5 Å². The van der Waals surface area contributed by atoms with Crippen molar-refractivity contribution in [1.82, 2.24) is 10.7 Å². The van der Waals surface area contributed by atoms with Gasteiger partial charge in [0.25, 0.3) is 11.8 Å². The molecule has 7 nitrogen and oxygen atoms in total. The topological polar surface area (TPSA) is 100 Å². The van der Waals surface area contributed by atoms with E-state index in [1.54, 1.807) is 24.3 Å². The normalized spacial score (nSPS) is 10.5. The van der Waals surface area contributed by atoms with Crippen molar-refractivity contribution >= 4 is 18.0 Å². The Labute approximate surface area is 145 Å². The Morgan fingerprint density at radius 2 is 2.00 bits per heavy atom. The molecule has 3 N–H and O–H groups in total. The first kappa shape index (κ1) is 18.0. The van der Waals surface area contributed by atoms with Crippen LogP contribution in [0.1, 0.15) is 21.5 Å². The molecule has 0 radical (unpaired) electrons. The maximum Gasteiger partial charge on any atom is 0.259 e. The molecular formula is C18H19N3O4. The Balaban J connectivity index is 1.84. The lowest BCUT2D eigenvalue weighted by Gasteiger charge is -2.06. The molecule has 0 fully saturated rings. The number of benzene rings is 2. The molecule has 0 saturated carbocycles. The molecule has 0 saturated heterocycles. The molecule has 0 unspecified atom stereocenters. The van der Waals surface area contributed by atoms with E-state index < -0.39 is 5.91 Å². The Kier molecular flexibility index (Phi) is 6.11. The third-order valence-corrected chi connectivity index (χ3v) is 3.41. The van der Waals surface area contributed by atoms with E-state index in [9.17, 15) is 14.7 Å². The molecule has 2 aromatic carbocycles. The highest BCUT2D eigenvalue weighted by atomic mass is 16.5. The van der Waals surface area contributed by atoms with Crippen LogP contribution in [-0.4, -0.2) is 36.8 Å². The molecule has 0 heterocycles. The van der Waals surface area contributed by atoms with Crippen molar-refractivity contribution in [3.63, 3.8) is 0 Å². The van der Waals surface area contributed by atoms with Gasteiger partial charge in [0, 0.05) is 5.56 Å². The van der Waals surface area contributed by atoms with Gasteiger partial charge in [0.1, 0.15) is 0 Å². The number of nitrogens with one attached hydrogen (secondary N) is 2. The molecule has 0 aliphatic carbocycles. The Morgan fingerprint density at radius 1 is 1.24 bits per heavy atom. The van der Waals surface area contributed by atoms with Crippen molar-refractivity contribution in [2.75, 3.05) is 13.7 Å². The summed E-state index contributed by atoms with van der Waals surface area (Å²) < 4.78 is 4.98. The summed E-state index contributed by atoms with van der Waals surface area (Å²) in [5, 5.41) is 15.8. The van der Waals surface area contributed by atoms with Crippen LogP contribution in [0.2, 0.25) is 0 Å². The summed E-state index contributed by atoms with van der Waals surface area (Å²) in [5.41, 5.74) is 4.31. The van der Waals surface area contributed by atoms with Crippen molar-refractivity contribution in [2.45, 2.75) is 6.92 Å². The van der Waals surface area contributed by atoms with E-state index >= 15 is 0 Å². The van der Waals surface area contributed by atoms with Crippen molar-refractivity contribution in [3.8, 4) is 11.5 Å². The predicted octanol–water partition coefficient (Wildman–Crippen LogP) is 1.59. The molecule has 0 aromatic heterocycles. The number of ether oxygens (including phenoxy) is 1. The summed E-state index contributed by atoms with van der Waals surface area (Å²) >= 11 is 0. The molecule has 130 valence electrons. The van der Waals surface area contributed by atoms with E-state index in [0.717, 1.165) is 5.56 Å². The van der Waals surface area contributed by atoms with Crippen LogP contribution in [-0.2, 0) is 4.79 Å². The van der Waals surface area contributed by atoms with Crippen LogP contribution in [0.3, 0.4) is 0 Å². The summed E-state index contributed by atoms with van der Waals surface area (Å²) in [5.74, 6) is -0.451. The lowest BCUT2D eigenvalue weighted by atomic mass is 10.1. The van der Waals surface area contributed by atoms with E-state index in [-0.39, 0.29) is 18.2 Å². The molecule has 2 aromatic rings. The number of hydrazone groups is 1. The molecule has 2 amide bonds. The molecule has 7 heteroatoms. The number of nitrogens with zero attached hydrogens (tertiary/aromatic N) is 1. The number of rotatable bonds is 6. The highest BCUT2D eigenvalue weighted by molar-refractivity contribution is 5.97. The second-order valence-electron chi connectivity index (χ2n) is 5.22. The first-order chi connectivity index (χ1) is 12.0. The van der Waals surface area contributed by atoms with Crippen LogP contribution >= 0.6 is 0 Å². The van der Waals surface area contributed by atoms with E-state index in [1.807, 2.05) is 19.1 Å². The number of methoxy groups -OCH3 is 1. The van der Waals surface area contributed by atoms with Crippen LogP contribution in [0.25, 0.3) is 0 Å². The van der Waals surface area contributed by atoms with Gasteiger partial charge in [-0.25, -0.2) is 5.43 Å². The van der Waals surface area contributed by atoms with Crippen molar-refractivity contribution < 1.29 is 19.4 Å².